The number of amides is 2. The van der Waals surface area contributed by atoms with Gasteiger partial charge in [-0.3, -0.25) is 13.9 Å². The summed E-state index contributed by atoms with van der Waals surface area (Å²) in [6.45, 7) is 13.3. The molecule has 1 atom stereocenters. The number of ether oxygens (including phenoxy) is 1. The maximum absolute atomic E-state index is 14.2. The van der Waals surface area contributed by atoms with Crippen LogP contribution < -0.4 is 14.4 Å². The molecule has 0 radical (unpaired) electrons. The molecule has 9 heteroatoms. The SMILES string of the molecule is CCOc1ccc(N(CC(=O)N(Cc2ccc(C)cc2)[C@@H](CC)C(=O)NC(C)(C)C)S(=O)(=O)c2ccc(C)cc2)cc1. The summed E-state index contributed by atoms with van der Waals surface area (Å²) < 4.78 is 34.7. The second kappa shape index (κ2) is 13.9. The molecular weight excluding hydrogens is 550 g/mol. The van der Waals surface area contributed by atoms with Gasteiger partial charge in [-0.2, -0.15) is 0 Å². The van der Waals surface area contributed by atoms with Crippen LogP contribution in [-0.2, 0) is 26.2 Å². The zero-order chi connectivity index (χ0) is 31.1. The second-order valence-electron chi connectivity index (χ2n) is 11.4. The predicted octanol–water partition coefficient (Wildman–Crippen LogP) is 5.62. The smallest absolute Gasteiger partial charge is 0.264 e. The maximum atomic E-state index is 14.2. The van der Waals surface area contributed by atoms with E-state index in [1.807, 2.05) is 72.7 Å². The van der Waals surface area contributed by atoms with Gasteiger partial charge in [-0.15, -0.1) is 0 Å². The number of anilines is 1. The Morgan fingerprint density at radius 2 is 1.40 bits per heavy atom. The molecule has 8 nitrogen and oxygen atoms in total. The van der Waals surface area contributed by atoms with Gasteiger partial charge in [-0.05, 0) is 89.9 Å². The molecule has 226 valence electrons. The van der Waals surface area contributed by atoms with Crippen LogP contribution in [0.15, 0.2) is 77.7 Å². The number of aryl methyl sites for hydroxylation is 2. The lowest BCUT2D eigenvalue weighted by atomic mass is 10.1. The number of nitrogens with one attached hydrogen (secondary N) is 1. The summed E-state index contributed by atoms with van der Waals surface area (Å²) in [5.41, 5.74) is 2.63. The van der Waals surface area contributed by atoms with Gasteiger partial charge in [0.1, 0.15) is 18.3 Å². The van der Waals surface area contributed by atoms with E-state index in [0.29, 0.717) is 24.5 Å². The second-order valence-corrected chi connectivity index (χ2v) is 13.3. The Morgan fingerprint density at radius 1 is 0.857 bits per heavy atom. The molecular formula is C33H43N3O5S. The minimum atomic E-state index is -4.14. The Hall–Kier alpha value is -3.85. The molecule has 0 bridgehead atoms. The van der Waals surface area contributed by atoms with E-state index < -0.39 is 34.1 Å². The van der Waals surface area contributed by atoms with Crippen LogP contribution in [0.1, 0.15) is 57.7 Å². The van der Waals surface area contributed by atoms with Crippen LogP contribution in [0.5, 0.6) is 5.75 Å². The van der Waals surface area contributed by atoms with Gasteiger partial charge in [0.2, 0.25) is 11.8 Å². The van der Waals surface area contributed by atoms with Crippen molar-refractivity contribution >= 4 is 27.5 Å². The molecule has 0 aliphatic carbocycles. The molecule has 1 N–H and O–H groups in total. The highest BCUT2D eigenvalue weighted by molar-refractivity contribution is 7.92. The number of sulfonamides is 1. The zero-order valence-corrected chi connectivity index (χ0v) is 26.5. The fraction of sp³-hybridized carbons (Fsp3) is 0.394. The minimum absolute atomic E-state index is 0.0670. The first kappa shape index (κ1) is 32.7. The van der Waals surface area contributed by atoms with Gasteiger partial charge in [-0.25, -0.2) is 8.42 Å². The molecule has 0 aliphatic heterocycles. The van der Waals surface area contributed by atoms with E-state index in [1.165, 1.54) is 17.0 Å². The third-order valence-corrected chi connectivity index (χ3v) is 8.47. The molecule has 0 unspecified atom stereocenters. The topological polar surface area (TPSA) is 96.0 Å². The third kappa shape index (κ3) is 8.58. The fourth-order valence-corrected chi connectivity index (χ4v) is 5.92. The Balaban J connectivity index is 2.07. The first-order chi connectivity index (χ1) is 19.7. The number of hydrogen-bond donors (Lipinski definition) is 1. The summed E-state index contributed by atoms with van der Waals surface area (Å²) in [4.78, 5) is 29.2. The van der Waals surface area contributed by atoms with Crippen molar-refractivity contribution in [1.82, 2.24) is 10.2 Å². The first-order valence-corrected chi connectivity index (χ1v) is 15.7. The molecule has 0 saturated carbocycles. The standard InChI is InChI=1S/C33H43N3O5S/c1-8-30(32(38)34-33(5,6)7)35(22-26-14-10-24(3)11-15-26)31(37)23-36(27-16-18-28(19-17-27)41-9-2)42(39,40)29-20-12-25(4)13-21-29/h10-21,30H,8-9,22-23H2,1-7H3,(H,34,38)/t30-/m0/s1. The molecule has 2 amide bonds. The summed E-state index contributed by atoms with van der Waals surface area (Å²) in [6, 6.07) is 20.0. The molecule has 42 heavy (non-hydrogen) atoms. The molecule has 0 heterocycles. The molecule has 3 aromatic carbocycles. The highest BCUT2D eigenvalue weighted by Gasteiger charge is 2.34. The lowest BCUT2D eigenvalue weighted by molar-refractivity contribution is -0.141. The quantitative estimate of drug-likeness (QED) is 0.294. The number of carbonyl (C=O) groups excluding carboxylic acids is 2. The lowest BCUT2D eigenvalue weighted by Crippen LogP contribution is -2.55. The van der Waals surface area contributed by atoms with Crippen molar-refractivity contribution in [1.29, 1.82) is 0 Å². The van der Waals surface area contributed by atoms with E-state index in [2.05, 4.69) is 5.32 Å². The highest BCUT2D eigenvalue weighted by atomic mass is 32.2. The first-order valence-electron chi connectivity index (χ1n) is 14.2. The van der Waals surface area contributed by atoms with Crippen LogP contribution in [0.25, 0.3) is 0 Å². The number of hydrogen-bond acceptors (Lipinski definition) is 5. The Bertz CT molecular complexity index is 1450. The largest absolute Gasteiger partial charge is 0.494 e. The van der Waals surface area contributed by atoms with Crippen molar-refractivity contribution in [2.75, 3.05) is 17.5 Å². The minimum Gasteiger partial charge on any atom is -0.494 e. The van der Waals surface area contributed by atoms with Crippen molar-refractivity contribution < 1.29 is 22.7 Å². The Labute approximate surface area is 250 Å². The van der Waals surface area contributed by atoms with E-state index in [-0.39, 0.29) is 17.3 Å². The van der Waals surface area contributed by atoms with E-state index >= 15 is 0 Å². The molecule has 0 aromatic heterocycles. The molecule has 0 spiro atoms. The Kier molecular flexibility index (Phi) is 10.8. The zero-order valence-electron chi connectivity index (χ0n) is 25.7. The summed E-state index contributed by atoms with van der Waals surface area (Å²) in [6.07, 6.45) is 0.354. The van der Waals surface area contributed by atoms with E-state index in [1.54, 1.807) is 36.4 Å². The molecule has 3 rings (SSSR count). The summed E-state index contributed by atoms with van der Waals surface area (Å²) in [5.74, 6) is -0.193. The van der Waals surface area contributed by atoms with Crippen LogP contribution in [0, 0.1) is 13.8 Å². The fourth-order valence-electron chi connectivity index (χ4n) is 4.50. The predicted molar refractivity (Wildman–Crippen MR) is 167 cm³/mol. The lowest BCUT2D eigenvalue weighted by Gasteiger charge is -2.34. The van der Waals surface area contributed by atoms with Crippen LogP contribution in [0.3, 0.4) is 0 Å². The number of nitrogens with zero attached hydrogens (tertiary/aromatic N) is 2. The normalized spacial score (nSPS) is 12.4. The van der Waals surface area contributed by atoms with Crippen LogP contribution >= 0.6 is 0 Å². The summed E-state index contributed by atoms with van der Waals surface area (Å²) >= 11 is 0. The van der Waals surface area contributed by atoms with Crippen LogP contribution in [-0.4, -0.2) is 49.9 Å². The van der Waals surface area contributed by atoms with Crippen molar-refractivity contribution in [2.24, 2.45) is 0 Å². The average molecular weight is 594 g/mol. The van der Waals surface area contributed by atoms with Crippen molar-refractivity contribution in [3.63, 3.8) is 0 Å². The molecule has 0 saturated heterocycles. The van der Waals surface area contributed by atoms with Gasteiger partial charge in [0.25, 0.3) is 10.0 Å². The van der Waals surface area contributed by atoms with Crippen molar-refractivity contribution in [3.8, 4) is 5.75 Å². The van der Waals surface area contributed by atoms with E-state index in [4.69, 9.17) is 4.74 Å². The summed E-state index contributed by atoms with van der Waals surface area (Å²) in [7, 11) is -4.14. The van der Waals surface area contributed by atoms with Gasteiger partial charge in [-0.1, -0.05) is 54.4 Å². The number of benzene rings is 3. The van der Waals surface area contributed by atoms with Crippen molar-refractivity contribution in [2.45, 2.75) is 77.9 Å². The number of rotatable bonds is 12. The molecule has 3 aromatic rings. The maximum Gasteiger partial charge on any atom is 0.264 e. The van der Waals surface area contributed by atoms with Crippen LogP contribution in [0.4, 0.5) is 5.69 Å². The summed E-state index contributed by atoms with van der Waals surface area (Å²) in [5, 5.41) is 2.99. The molecule has 0 fully saturated rings. The molecule has 0 aliphatic rings. The van der Waals surface area contributed by atoms with Crippen molar-refractivity contribution in [3.05, 3.63) is 89.5 Å². The van der Waals surface area contributed by atoms with E-state index in [9.17, 15) is 18.0 Å². The van der Waals surface area contributed by atoms with Gasteiger partial charge in [0.05, 0.1) is 17.2 Å². The Morgan fingerprint density at radius 3 is 1.90 bits per heavy atom. The highest BCUT2D eigenvalue weighted by Crippen LogP contribution is 2.27. The van der Waals surface area contributed by atoms with E-state index in [0.717, 1.165) is 21.0 Å². The van der Waals surface area contributed by atoms with Gasteiger partial charge >= 0.3 is 0 Å². The van der Waals surface area contributed by atoms with Gasteiger partial charge < -0.3 is 15.0 Å². The number of carbonyl (C=O) groups is 2. The van der Waals surface area contributed by atoms with Gasteiger partial charge in [0, 0.05) is 12.1 Å². The average Bonchev–Trinajstić information content (AvgIpc) is 2.92. The third-order valence-electron chi connectivity index (χ3n) is 6.68. The van der Waals surface area contributed by atoms with Gasteiger partial charge in [0.15, 0.2) is 0 Å². The monoisotopic (exact) mass is 593 g/mol. The van der Waals surface area contributed by atoms with Crippen LogP contribution in [0.2, 0.25) is 0 Å².